The molecule has 1 atom stereocenters. The van der Waals surface area contributed by atoms with Crippen molar-refractivity contribution in [1.29, 1.82) is 0 Å². The van der Waals surface area contributed by atoms with E-state index in [0.29, 0.717) is 0 Å². The molecular formula is C6H12O2S. The van der Waals surface area contributed by atoms with Crippen LogP contribution in [0, 0.1) is 0 Å². The van der Waals surface area contributed by atoms with Crippen molar-refractivity contribution in [2.45, 2.75) is 12.7 Å². The molecular weight excluding hydrogens is 136 g/mol. The van der Waals surface area contributed by atoms with Gasteiger partial charge in [0.25, 0.3) is 0 Å². The summed E-state index contributed by atoms with van der Waals surface area (Å²) in [6, 6.07) is 0. The summed E-state index contributed by atoms with van der Waals surface area (Å²) in [4.78, 5) is 0. The second kappa shape index (κ2) is 4.14. The van der Waals surface area contributed by atoms with Gasteiger partial charge in [0.1, 0.15) is 0 Å². The van der Waals surface area contributed by atoms with Crippen LogP contribution in [0.2, 0.25) is 0 Å². The number of rotatable bonds is 1. The van der Waals surface area contributed by atoms with Gasteiger partial charge in [-0.3, -0.25) is 0 Å². The van der Waals surface area contributed by atoms with Gasteiger partial charge >= 0.3 is 0 Å². The summed E-state index contributed by atoms with van der Waals surface area (Å²) < 4.78 is 10.3. The summed E-state index contributed by atoms with van der Waals surface area (Å²) in [7, 11) is 1.70. The molecule has 0 aromatic carbocycles. The van der Waals surface area contributed by atoms with Gasteiger partial charge in [0.2, 0.25) is 0 Å². The second-order valence-corrected chi connectivity index (χ2v) is 3.16. The Morgan fingerprint density at radius 1 is 1.56 bits per heavy atom. The molecule has 0 aromatic rings. The molecule has 2 nitrogen and oxygen atoms in total. The van der Waals surface area contributed by atoms with Gasteiger partial charge in [0.05, 0.1) is 6.61 Å². The van der Waals surface area contributed by atoms with E-state index in [1.807, 2.05) is 11.8 Å². The van der Waals surface area contributed by atoms with Crippen LogP contribution in [0.1, 0.15) is 6.42 Å². The number of ether oxygens (including phenoxy) is 2. The van der Waals surface area contributed by atoms with Gasteiger partial charge < -0.3 is 9.47 Å². The van der Waals surface area contributed by atoms with Crippen molar-refractivity contribution in [1.82, 2.24) is 0 Å². The standard InChI is InChI=1S/C6H12O2S/c1-7-6-2-4-9-5-3-8-6/h6H,2-5H2,1H3. The highest BCUT2D eigenvalue weighted by atomic mass is 32.2. The third-order valence-electron chi connectivity index (χ3n) is 1.29. The van der Waals surface area contributed by atoms with Crippen molar-refractivity contribution in [3.63, 3.8) is 0 Å². The lowest BCUT2D eigenvalue weighted by molar-refractivity contribution is -0.117. The van der Waals surface area contributed by atoms with Gasteiger partial charge in [-0.25, -0.2) is 0 Å². The molecule has 9 heavy (non-hydrogen) atoms. The molecule has 1 saturated heterocycles. The van der Waals surface area contributed by atoms with E-state index in [4.69, 9.17) is 9.47 Å². The first-order valence-electron chi connectivity index (χ1n) is 3.15. The van der Waals surface area contributed by atoms with Crippen molar-refractivity contribution in [2.75, 3.05) is 25.2 Å². The van der Waals surface area contributed by atoms with E-state index in [2.05, 4.69) is 0 Å². The Hall–Kier alpha value is 0.270. The zero-order valence-electron chi connectivity index (χ0n) is 5.63. The molecule has 0 amide bonds. The van der Waals surface area contributed by atoms with Gasteiger partial charge in [-0.1, -0.05) is 0 Å². The van der Waals surface area contributed by atoms with Gasteiger partial charge in [-0.15, -0.1) is 0 Å². The van der Waals surface area contributed by atoms with Crippen LogP contribution in [-0.4, -0.2) is 31.5 Å². The van der Waals surface area contributed by atoms with E-state index >= 15 is 0 Å². The highest BCUT2D eigenvalue weighted by Gasteiger charge is 2.09. The van der Waals surface area contributed by atoms with Gasteiger partial charge in [-0.2, -0.15) is 11.8 Å². The van der Waals surface area contributed by atoms with Crippen molar-refractivity contribution in [2.24, 2.45) is 0 Å². The molecule has 3 heteroatoms. The zero-order valence-corrected chi connectivity index (χ0v) is 6.45. The maximum Gasteiger partial charge on any atom is 0.158 e. The highest BCUT2D eigenvalue weighted by Crippen LogP contribution is 2.12. The molecule has 1 heterocycles. The summed E-state index contributed by atoms with van der Waals surface area (Å²) in [5.41, 5.74) is 0. The Labute approximate surface area is 59.9 Å². The van der Waals surface area contributed by atoms with Crippen LogP contribution in [-0.2, 0) is 9.47 Å². The number of methoxy groups -OCH3 is 1. The van der Waals surface area contributed by atoms with Crippen LogP contribution in [0.4, 0.5) is 0 Å². The van der Waals surface area contributed by atoms with Crippen LogP contribution in [0.5, 0.6) is 0 Å². The summed E-state index contributed by atoms with van der Waals surface area (Å²) >= 11 is 1.93. The smallest absolute Gasteiger partial charge is 0.158 e. The monoisotopic (exact) mass is 148 g/mol. The predicted octanol–water partition coefficient (Wildman–Crippen LogP) is 1.11. The Bertz CT molecular complexity index is 69.5. The first kappa shape index (κ1) is 7.38. The van der Waals surface area contributed by atoms with E-state index in [0.717, 1.165) is 18.8 Å². The second-order valence-electron chi connectivity index (χ2n) is 1.94. The Balaban J connectivity index is 2.18. The van der Waals surface area contributed by atoms with Crippen molar-refractivity contribution < 1.29 is 9.47 Å². The number of hydrogen-bond donors (Lipinski definition) is 0. The molecule has 0 aromatic heterocycles. The SMILES string of the molecule is COC1CCSCCO1. The Morgan fingerprint density at radius 3 is 3.22 bits per heavy atom. The summed E-state index contributed by atoms with van der Waals surface area (Å²) in [6.45, 7) is 0.836. The molecule has 0 aliphatic carbocycles. The molecule has 0 spiro atoms. The number of thioether (sulfide) groups is 1. The van der Waals surface area contributed by atoms with Gasteiger partial charge in [0, 0.05) is 19.3 Å². The van der Waals surface area contributed by atoms with E-state index in [1.54, 1.807) is 7.11 Å². The van der Waals surface area contributed by atoms with Crippen LogP contribution in [0.15, 0.2) is 0 Å². The maximum absolute atomic E-state index is 5.31. The molecule has 1 unspecified atom stereocenters. The fourth-order valence-corrected chi connectivity index (χ4v) is 1.57. The average molecular weight is 148 g/mol. The Kier molecular flexibility index (Phi) is 3.40. The normalized spacial score (nSPS) is 29.7. The van der Waals surface area contributed by atoms with E-state index in [-0.39, 0.29) is 6.29 Å². The lowest BCUT2D eigenvalue weighted by atomic mass is 10.5. The van der Waals surface area contributed by atoms with Crippen LogP contribution < -0.4 is 0 Å². The zero-order chi connectivity index (χ0) is 6.53. The van der Waals surface area contributed by atoms with Crippen LogP contribution in [0.25, 0.3) is 0 Å². The molecule has 54 valence electrons. The molecule has 1 aliphatic rings. The topological polar surface area (TPSA) is 18.5 Å². The van der Waals surface area contributed by atoms with Crippen molar-refractivity contribution >= 4 is 11.8 Å². The predicted molar refractivity (Wildman–Crippen MR) is 38.7 cm³/mol. The molecule has 1 rings (SSSR count). The fourth-order valence-electron chi connectivity index (χ4n) is 0.789. The fraction of sp³-hybridized carbons (Fsp3) is 1.00. The quantitative estimate of drug-likeness (QED) is 0.555. The molecule has 0 bridgehead atoms. The third kappa shape index (κ3) is 2.56. The Morgan fingerprint density at radius 2 is 2.44 bits per heavy atom. The van der Waals surface area contributed by atoms with E-state index in [9.17, 15) is 0 Å². The van der Waals surface area contributed by atoms with Crippen LogP contribution >= 0.6 is 11.8 Å². The van der Waals surface area contributed by atoms with E-state index < -0.39 is 0 Å². The first-order valence-corrected chi connectivity index (χ1v) is 4.31. The van der Waals surface area contributed by atoms with E-state index in [1.165, 1.54) is 5.75 Å². The van der Waals surface area contributed by atoms with Gasteiger partial charge in [-0.05, 0) is 5.75 Å². The van der Waals surface area contributed by atoms with Crippen molar-refractivity contribution in [3.8, 4) is 0 Å². The lowest BCUT2D eigenvalue weighted by Crippen LogP contribution is -2.14. The highest BCUT2D eigenvalue weighted by molar-refractivity contribution is 7.99. The molecule has 1 fully saturated rings. The number of hydrogen-bond acceptors (Lipinski definition) is 3. The van der Waals surface area contributed by atoms with Crippen LogP contribution in [0.3, 0.4) is 0 Å². The minimum absolute atomic E-state index is 0.0556. The molecule has 0 saturated carbocycles. The minimum atomic E-state index is 0.0556. The minimum Gasteiger partial charge on any atom is -0.356 e. The average Bonchev–Trinajstić information content (AvgIpc) is 2.13. The first-order chi connectivity index (χ1) is 4.43. The molecule has 0 N–H and O–H groups in total. The summed E-state index contributed by atoms with van der Waals surface area (Å²) in [6.07, 6.45) is 1.08. The molecule has 1 aliphatic heterocycles. The van der Waals surface area contributed by atoms with Crippen molar-refractivity contribution in [3.05, 3.63) is 0 Å². The largest absolute Gasteiger partial charge is 0.356 e. The summed E-state index contributed by atoms with van der Waals surface area (Å²) in [5, 5.41) is 0. The molecule has 0 radical (unpaired) electrons. The lowest BCUT2D eigenvalue weighted by Gasteiger charge is -2.10. The van der Waals surface area contributed by atoms with Gasteiger partial charge in [0.15, 0.2) is 6.29 Å². The summed E-state index contributed by atoms with van der Waals surface area (Å²) in [5.74, 6) is 2.28. The maximum atomic E-state index is 5.31. The third-order valence-corrected chi connectivity index (χ3v) is 2.27.